The molecular formula is C48H46Cl2N12O11S2. The van der Waals surface area contributed by atoms with E-state index in [1.54, 1.807) is 96.6 Å². The Morgan fingerprint density at radius 1 is 0.680 bits per heavy atom. The van der Waals surface area contributed by atoms with Gasteiger partial charge in [0, 0.05) is 61.8 Å². The molecule has 75 heavy (non-hydrogen) atoms. The number of nitrogens with one attached hydrogen (secondary N) is 3. The summed E-state index contributed by atoms with van der Waals surface area (Å²) in [6.07, 6.45) is 2.71. The molecule has 2 aliphatic heterocycles. The summed E-state index contributed by atoms with van der Waals surface area (Å²) in [4.78, 5) is 61.8. The molecule has 0 unspecified atom stereocenters. The van der Waals surface area contributed by atoms with Crippen molar-refractivity contribution >= 4 is 100 Å². The number of aryl methyl sites for hydroxylation is 1. The van der Waals surface area contributed by atoms with E-state index < -0.39 is 41.1 Å². The molecule has 3 N–H and O–H groups in total. The van der Waals surface area contributed by atoms with E-state index in [9.17, 15) is 46.7 Å². The number of carbonyl (C=O) groups is 2. The van der Waals surface area contributed by atoms with Crippen LogP contribution in [0.5, 0.6) is 5.75 Å². The summed E-state index contributed by atoms with van der Waals surface area (Å²) in [7, 11) is -4.67. The fourth-order valence-electron chi connectivity index (χ4n) is 8.15. The van der Waals surface area contributed by atoms with Crippen molar-refractivity contribution in [1.82, 2.24) is 29.9 Å². The highest BCUT2D eigenvalue weighted by Crippen LogP contribution is 2.36. The largest absolute Gasteiger partial charge is 0.497 e. The van der Waals surface area contributed by atoms with Crippen molar-refractivity contribution in [2.75, 3.05) is 76.7 Å². The van der Waals surface area contributed by atoms with Gasteiger partial charge in [0.15, 0.2) is 31.2 Å². The van der Waals surface area contributed by atoms with Crippen LogP contribution in [0.4, 0.5) is 46.0 Å². The van der Waals surface area contributed by atoms with Crippen molar-refractivity contribution in [1.29, 1.82) is 0 Å². The molecule has 2 saturated heterocycles. The van der Waals surface area contributed by atoms with E-state index in [0.717, 1.165) is 5.56 Å². The van der Waals surface area contributed by atoms with E-state index in [1.807, 2.05) is 12.1 Å². The lowest BCUT2D eigenvalue weighted by Gasteiger charge is -2.28. The number of hydrogen-bond acceptors (Lipinski definition) is 19. The first-order valence-electron chi connectivity index (χ1n) is 22.8. The van der Waals surface area contributed by atoms with Gasteiger partial charge in [-0.1, -0.05) is 59.6 Å². The zero-order valence-electron chi connectivity index (χ0n) is 40.2. The minimum atomic E-state index is -3.14. The number of methoxy groups -OCH3 is 1. The third-order valence-corrected chi connectivity index (χ3v) is 16.2. The smallest absolute Gasteiger partial charge is 0.334 e. The number of anilines is 6. The number of sulfone groups is 2. The molecule has 23 nitrogen and oxygen atoms in total. The molecule has 0 atom stereocenters. The van der Waals surface area contributed by atoms with Crippen LogP contribution in [0.1, 0.15) is 48.8 Å². The fourth-order valence-corrected chi connectivity index (χ4v) is 11.0. The van der Waals surface area contributed by atoms with Gasteiger partial charge in [-0.05, 0) is 55.8 Å². The van der Waals surface area contributed by atoms with Gasteiger partial charge in [-0.25, -0.2) is 26.8 Å². The number of ketones is 2. The Morgan fingerprint density at radius 2 is 1.13 bits per heavy atom. The van der Waals surface area contributed by atoms with Gasteiger partial charge < -0.3 is 25.2 Å². The number of ether oxygens (including phenoxy) is 1. The lowest BCUT2D eigenvalue weighted by atomic mass is 10.0. The number of nitrogens with zero attached hydrogens (tertiary/aromatic N) is 9. The number of aromatic amines is 1. The van der Waals surface area contributed by atoms with Gasteiger partial charge in [0.05, 0.1) is 79.1 Å². The molecule has 4 aromatic heterocycles. The van der Waals surface area contributed by atoms with Crippen LogP contribution in [-0.4, -0.2) is 124 Å². The number of pyridine rings is 2. The van der Waals surface area contributed by atoms with Gasteiger partial charge in [-0.15, -0.1) is 10.2 Å². The van der Waals surface area contributed by atoms with E-state index in [-0.39, 0.29) is 128 Å². The molecule has 0 radical (unpaired) electrons. The van der Waals surface area contributed by atoms with Crippen molar-refractivity contribution in [3.63, 3.8) is 0 Å². The molecule has 0 amide bonds. The highest BCUT2D eigenvalue weighted by atomic mass is 35.5. The molecule has 0 bridgehead atoms. The van der Waals surface area contributed by atoms with Gasteiger partial charge in [-0.2, -0.15) is 0 Å². The average molecular weight is 1100 g/mol. The van der Waals surface area contributed by atoms with E-state index in [1.165, 1.54) is 24.0 Å². The second-order valence-electron chi connectivity index (χ2n) is 17.2. The Bertz CT molecular complexity index is 3570. The Labute approximate surface area is 439 Å². The van der Waals surface area contributed by atoms with E-state index in [0.29, 0.717) is 23.1 Å². The summed E-state index contributed by atoms with van der Waals surface area (Å²) in [6, 6.07) is 23.4. The summed E-state index contributed by atoms with van der Waals surface area (Å²) in [5.41, 5.74) is 2.08. The summed E-state index contributed by atoms with van der Waals surface area (Å²) in [5, 5.41) is 41.1. The molecule has 2 fully saturated rings. The number of carbonyl (C=O) groups excluding carboxylic acids is 2. The highest BCUT2D eigenvalue weighted by molar-refractivity contribution is 7.91. The first-order chi connectivity index (χ1) is 35.7. The number of hydrogen-bond donors (Lipinski definition) is 3. The van der Waals surface area contributed by atoms with Crippen LogP contribution in [0.2, 0.25) is 10.0 Å². The zero-order valence-corrected chi connectivity index (χ0v) is 43.3. The van der Waals surface area contributed by atoms with Crippen molar-refractivity contribution in [2.24, 2.45) is 0 Å². The van der Waals surface area contributed by atoms with Gasteiger partial charge >= 0.3 is 11.4 Å². The number of rotatable bonds is 15. The molecule has 0 spiro atoms. The highest BCUT2D eigenvalue weighted by Gasteiger charge is 2.31. The summed E-state index contributed by atoms with van der Waals surface area (Å²) >= 11 is 12.5. The first kappa shape index (κ1) is 53.3. The normalized spacial score (nSPS) is 14.8. The van der Waals surface area contributed by atoms with E-state index in [2.05, 4.69) is 35.9 Å². The summed E-state index contributed by atoms with van der Waals surface area (Å²) in [6.45, 7) is 4.31. The minimum absolute atomic E-state index is 0.0121. The second-order valence-corrected chi connectivity index (χ2v) is 22.6. The Hall–Kier alpha value is -8.00. The SMILES string of the molecule is COc1ccc(Cn2nc(Nc3cc(N4CCS(=O)(=O)CC4)ncc3C(=O)c3ccccc3Cl)c([N+](=O)[O-])c2C)cc1.Cc1[nH]nc(Nc2cc(N3CCS(=O)(=O)CC3)ncc2C(=O)c2ccccc2Cl)c1[N+](=O)[O-]. The molecule has 9 rings (SSSR count). The maximum absolute atomic E-state index is 13.6. The number of nitro groups is 2. The zero-order chi connectivity index (χ0) is 53.8. The minimum Gasteiger partial charge on any atom is -0.497 e. The molecule has 0 aliphatic carbocycles. The van der Waals surface area contributed by atoms with Crippen LogP contribution in [0.15, 0.2) is 97.3 Å². The van der Waals surface area contributed by atoms with Crippen molar-refractivity contribution in [3.8, 4) is 5.75 Å². The number of aromatic nitrogens is 6. The van der Waals surface area contributed by atoms with Crippen LogP contribution < -0.4 is 25.2 Å². The van der Waals surface area contributed by atoms with Crippen LogP contribution in [-0.2, 0) is 26.2 Å². The monoisotopic (exact) mass is 1100 g/mol. The lowest BCUT2D eigenvalue weighted by molar-refractivity contribution is -0.384. The van der Waals surface area contributed by atoms with Gasteiger partial charge in [0.25, 0.3) is 0 Å². The predicted molar refractivity (Wildman–Crippen MR) is 282 cm³/mol. The molecule has 2 aliphatic rings. The van der Waals surface area contributed by atoms with Crippen molar-refractivity contribution < 1.29 is 41.0 Å². The molecule has 0 saturated carbocycles. The van der Waals surface area contributed by atoms with Crippen LogP contribution in [0, 0.1) is 34.1 Å². The summed E-state index contributed by atoms with van der Waals surface area (Å²) < 4.78 is 54.2. The third-order valence-electron chi connectivity index (χ3n) is 12.3. The Balaban J connectivity index is 0.000000205. The van der Waals surface area contributed by atoms with Crippen LogP contribution in [0.25, 0.3) is 0 Å². The standard InChI is InChI=1S/C28H27ClN6O6S.C20H19ClN6O5S/c1-18-26(35(37)38)28(32-34(18)17-19-7-9-20(41-2)10-8-19)31-24-15-25(33-11-13-42(39,40)14-12-33)30-16-22(24)27(36)21-5-3-4-6-23(21)29;1-12-18(27(29)30)20(25-24-12)23-16-10-17(26-6-8-33(31,32)9-7-26)22-11-14(16)19(28)13-4-2-3-5-15(13)21/h3-10,15-16H,11-14,17H2,1-2H3,(H,30,31,32);2-5,10-11H,6-9H2,1H3,(H2,22,23,24,25). The Kier molecular flexibility index (Phi) is 15.8. The number of benzene rings is 3. The number of halogens is 2. The predicted octanol–water partition coefficient (Wildman–Crippen LogP) is 7.30. The third kappa shape index (κ3) is 12.2. The van der Waals surface area contributed by atoms with E-state index in [4.69, 9.17) is 27.9 Å². The molecule has 390 valence electrons. The molecule has 6 heterocycles. The topological polar surface area (TPSA) is 301 Å². The Morgan fingerprint density at radius 3 is 1.57 bits per heavy atom. The quantitative estimate of drug-likeness (QED) is 0.0515. The molecule has 27 heteroatoms. The second kappa shape index (κ2) is 22.2. The van der Waals surface area contributed by atoms with Gasteiger partial charge in [-0.3, -0.25) is 39.6 Å². The van der Waals surface area contributed by atoms with E-state index >= 15 is 0 Å². The number of H-pyrrole nitrogens is 1. The first-order valence-corrected chi connectivity index (χ1v) is 27.2. The van der Waals surface area contributed by atoms with Crippen molar-refractivity contribution in [3.05, 3.63) is 167 Å². The van der Waals surface area contributed by atoms with Gasteiger partial charge in [0.2, 0.25) is 11.6 Å². The molecular weight excluding hydrogens is 1060 g/mol. The molecule has 3 aromatic carbocycles. The average Bonchev–Trinajstić information content (AvgIpc) is 3.90. The fraction of sp³-hybridized carbons (Fsp3) is 0.250. The lowest BCUT2D eigenvalue weighted by Crippen LogP contribution is -2.40. The van der Waals surface area contributed by atoms with Gasteiger partial charge in [0.1, 0.15) is 28.8 Å². The van der Waals surface area contributed by atoms with Crippen LogP contribution in [0.3, 0.4) is 0 Å². The summed E-state index contributed by atoms with van der Waals surface area (Å²) in [5.74, 6) is 0.443. The maximum Gasteiger partial charge on any atom is 0.334 e. The molecule has 7 aromatic rings. The van der Waals surface area contributed by atoms with Crippen molar-refractivity contribution in [2.45, 2.75) is 20.4 Å². The maximum atomic E-state index is 13.6. The van der Waals surface area contributed by atoms with Crippen LogP contribution >= 0.6 is 23.2 Å².